The molecule has 2 amide bonds. The average Bonchev–Trinajstić information content (AvgIpc) is 2.72. The van der Waals surface area contributed by atoms with Gasteiger partial charge in [-0.15, -0.1) is 0 Å². The number of piperidine rings is 1. The lowest BCUT2D eigenvalue weighted by Gasteiger charge is -2.26. The van der Waals surface area contributed by atoms with Crippen molar-refractivity contribution in [2.75, 3.05) is 31.6 Å². The van der Waals surface area contributed by atoms with E-state index in [0.29, 0.717) is 18.5 Å². The van der Waals surface area contributed by atoms with Crippen molar-refractivity contribution in [2.45, 2.75) is 32.2 Å². The minimum atomic E-state index is -0.0674. The van der Waals surface area contributed by atoms with Crippen molar-refractivity contribution in [3.63, 3.8) is 0 Å². The Balaban J connectivity index is 1.40. The fraction of sp³-hybridized carbons (Fsp3) is 0.391. The molecule has 2 aromatic rings. The van der Waals surface area contributed by atoms with Crippen LogP contribution in [0, 0.1) is 0 Å². The van der Waals surface area contributed by atoms with Gasteiger partial charge in [-0.1, -0.05) is 30.3 Å². The molecule has 2 aromatic carbocycles. The summed E-state index contributed by atoms with van der Waals surface area (Å²) in [5.41, 5.74) is 2.80. The predicted molar refractivity (Wildman–Crippen MR) is 112 cm³/mol. The van der Waals surface area contributed by atoms with Crippen molar-refractivity contribution in [2.24, 2.45) is 0 Å². The van der Waals surface area contributed by atoms with E-state index in [1.54, 1.807) is 12.1 Å². The van der Waals surface area contributed by atoms with Gasteiger partial charge in [0.25, 0.3) is 5.91 Å². The van der Waals surface area contributed by atoms with Crippen LogP contribution in [0.4, 0.5) is 5.69 Å². The topological polar surface area (TPSA) is 52.7 Å². The molecule has 0 aromatic heterocycles. The Labute approximate surface area is 167 Å². The Kier molecular flexibility index (Phi) is 7.20. The minimum absolute atomic E-state index is 0.0674. The third kappa shape index (κ3) is 5.67. The molecule has 5 nitrogen and oxygen atoms in total. The highest BCUT2D eigenvalue weighted by molar-refractivity contribution is 5.96. The molecule has 0 atom stereocenters. The van der Waals surface area contributed by atoms with E-state index in [1.807, 2.05) is 23.1 Å². The molecule has 5 heteroatoms. The number of hydrogen-bond acceptors (Lipinski definition) is 3. The summed E-state index contributed by atoms with van der Waals surface area (Å²) in [7, 11) is 2.09. The summed E-state index contributed by atoms with van der Waals surface area (Å²) in [6.45, 7) is 3.24. The van der Waals surface area contributed by atoms with Crippen molar-refractivity contribution in [3.05, 3.63) is 65.7 Å². The molecule has 148 valence electrons. The molecule has 0 saturated carbocycles. The van der Waals surface area contributed by atoms with Crippen LogP contribution in [0.15, 0.2) is 54.6 Å². The molecule has 1 saturated heterocycles. The van der Waals surface area contributed by atoms with Gasteiger partial charge in [0.15, 0.2) is 0 Å². The molecule has 1 N–H and O–H groups in total. The number of anilines is 1. The molecule has 0 spiro atoms. The van der Waals surface area contributed by atoms with Gasteiger partial charge in [0.2, 0.25) is 5.91 Å². The van der Waals surface area contributed by atoms with Crippen LogP contribution in [-0.2, 0) is 11.3 Å². The van der Waals surface area contributed by atoms with Crippen molar-refractivity contribution >= 4 is 17.5 Å². The van der Waals surface area contributed by atoms with Gasteiger partial charge in [-0.2, -0.15) is 0 Å². The number of nitrogens with one attached hydrogen (secondary N) is 1. The summed E-state index contributed by atoms with van der Waals surface area (Å²) in [6, 6.07) is 17.7. The molecule has 1 fully saturated rings. The van der Waals surface area contributed by atoms with Gasteiger partial charge in [-0.3, -0.25) is 9.59 Å². The number of benzene rings is 2. The van der Waals surface area contributed by atoms with Crippen LogP contribution in [0.25, 0.3) is 0 Å². The molecular formula is C23H29N3O2. The maximum atomic E-state index is 12.3. The quantitative estimate of drug-likeness (QED) is 0.715. The summed E-state index contributed by atoms with van der Waals surface area (Å²) in [4.78, 5) is 28.4. The first-order valence-corrected chi connectivity index (χ1v) is 10.0. The van der Waals surface area contributed by atoms with Gasteiger partial charge < -0.3 is 15.1 Å². The van der Waals surface area contributed by atoms with Gasteiger partial charge in [0.05, 0.1) is 0 Å². The van der Waals surface area contributed by atoms with Crippen molar-refractivity contribution < 1.29 is 9.59 Å². The smallest absolute Gasteiger partial charge is 0.251 e. The van der Waals surface area contributed by atoms with Crippen LogP contribution in [0.3, 0.4) is 0 Å². The largest absolute Gasteiger partial charge is 0.352 e. The predicted octanol–water partition coefficient (Wildman–Crippen LogP) is 3.46. The molecular weight excluding hydrogens is 350 g/mol. The molecule has 0 bridgehead atoms. The molecule has 3 rings (SSSR count). The number of rotatable bonds is 8. The Morgan fingerprint density at radius 2 is 1.82 bits per heavy atom. The molecule has 1 heterocycles. The van der Waals surface area contributed by atoms with Gasteiger partial charge in [0, 0.05) is 37.3 Å². The lowest BCUT2D eigenvalue weighted by Crippen LogP contribution is -2.35. The fourth-order valence-electron chi connectivity index (χ4n) is 3.50. The van der Waals surface area contributed by atoms with E-state index in [9.17, 15) is 9.59 Å². The zero-order valence-electron chi connectivity index (χ0n) is 16.6. The maximum Gasteiger partial charge on any atom is 0.251 e. The van der Waals surface area contributed by atoms with Crippen LogP contribution >= 0.6 is 0 Å². The second-order valence-electron chi connectivity index (χ2n) is 7.38. The van der Waals surface area contributed by atoms with Gasteiger partial charge in [0.1, 0.15) is 0 Å². The van der Waals surface area contributed by atoms with Crippen molar-refractivity contribution in [1.82, 2.24) is 10.2 Å². The second-order valence-corrected chi connectivity index (χ2v) is 7.38. The maximum absolute atomic E-state index is 12.3. The first-order chi connectivity index (χ1) is 13.6. The van der Waals surface area contributed by atoms with Crippen LogP contribution in [0.1, 0.15) is 41.6 Å². The van der Waals surface area contributed by atoms with Crippen LogP contribution in [0.5, 0.6) is 0 Å². The molecule has 0 aliphatic carbocycles. The standard InChI is InChI=1S/C23H29N3O2/c1-25(18-19-8-3-2-4-9-19)16-7-15-24-23(28)20-11-13-21(14-12-20)26-17-6-5-10-22(26)27/h2-4,8-9,11-14H,5-7,10,15-18H2,1H3,(H,24,28). The Bertz CT molecular complexity index is 774. The summed E-state index contributed by atoms with van der Waals surface area (Å²) >= 11 is 0. The summed E-state index contributed by atoms with van der Waals surface area (Å²) in [6.07, 6.45) is 3.51. The molecule has 0 unspecified atom stereocenters. The number of carbonyl (C=O) groups is 2. The number of carbonyl (C=O) groups excluding carboxylic acids is 2. The lowest BCUT2D eigenvalue weighted by molar-refractivity contribution is -0.119. The van der Waals surface area contributed by atoms with Crippen LogP contribution in [-0.4, -0.2) is 43.4 Å². The first kappa shape index (κ1) is 20.1. The zero-order valence-corrected chi connectivity index (χ0v) is 16.6. The molecule has 28 heavy (non-hydrogen) atoms. The van der Waals surface area contributed by atoms with E-state index >= 15 is 0 Å². The Morgan fingerprint density at radius 1 is 1.07 bits per heavy atom. The number of amides is 2. The molecule has 1 aliphatic rings. The van der Waals surface area contributed by atoms with E-state index in [1.165, 1.54) is 5.56 Å². The van der Waals surface area contributed by atoms with E-state index < -0.39 is 0 Å². The zero-order chi connectivity index (χ0) is 19.8. The third-order valence-corrected chi connectivity index (χ3v) is 5.06. The first-order valence-electron chi connectivity index (χ1n) is 10.0. The number of nitrogens with zero attached hydrogens (tertiary/aromatic N) is 2. The SMILES string of the molecule is CN(CCCNC(=O)c1ccc(N2CCCCC2=O)cc1)Cc1ccccc1. The fourth-order valence-corrected chi connectivity index (χ4v) is 3.50. The highest BCUT2D eigenvalue weighted by atomic mass is 16.2. The number of hydrogen-bond donors (Lipinski definition) is 1. The summed E-state index contributed by atoms with van der Waals surface area (Å²) in [5.74, 6) is 0.102. The van der Waals surface area contributed by atoms with Gasteiger partial charge in [-0.25, -0.2) is 0 Å². The molecule has 0 radical (unpaired) electrons. The second kappa shape index (κ2) is 10.0. The Hall–Kier alpha value is -2.66. The van der Waals surface area contributed by atoms with Crippen LogP contribution in [0.2, 0.25) is 0 Å². The van der Waals surface area contributed by atoms with E-state index in [-0.39, 0.29) is 11.8 Å². The molecule has 1 aliphatic heterocycles. The lowest BCUT2D eigenvalue weighted by atomic mass is 10.1. The summed E-state index contributed by atoms with van der Waals surface area (Å²) < 4.78 is 0. The van der Waals surface area contributed by atoms with Gasteiger partial charge >= 0.3 is 0 Å². The monoisotopic (exact) mass is 379 g/mol. The average molecular weight is 380 g/mol. The van der Waals surface area contributed by atoms with Crippen molar-refractivity contribution in [1.29, 1.82) is 0 Å². The van der Waals surface area contributed by atoms with Gasteiger partial charge in [-0.05, 0) is 62.7 Å². The van der Waals surface area contributed by atoms with Crippen LogP contribution < -0.4 is 10.2 Å². The van der Waals surface area contributed by atoms with E-state index in [4.69, 9.17) is 0 Å². The highest BCUT2D eigenvalue weighted by Crippen LogP contribution is 2.21. The Morgan fingerprint density at radius 3 is 2.54 bits per heavy atom. The minimum Gasteiger partial charge on any atom is -0.352 e. The summed E-state index contributed by atoms with van der Waals surface area (Å²) in [5, 5.41) is 2.98. The van der Waals surface area contributed by atoms with E-state index in [0.717, 1.165) is 44.6 Å². The van der Waals surface area contributed by atoms with Crippen molar-refractivity contribution in [3.8, 4) is 0 Å². The third-order valence-electron chi connectivity index (χ3n) is 5.06. The highest BCUT2D eigenvalue weighted by Gasteiger charge is 2.19. The normalized spacial score (nSPS) is 14.4. The van der Waals surface area contributed by atoms with E-state index in [2.05, 4.69) is 41.5 Å².